The minimum Gasteiger partial charge on any atom is -0.373 e. The van der Waals surface area contributed by atoms with Crippen LogP contribution in [0, 0.1) is 5.92 Å². The van der Waals surface area contributed by atoms with Crippen LogP contribution in [0.1, 0.15) is 24.5 Å². The van der Waals surface area contributed by atoms with Crippen LogP contribution in [0.25, 0.3) is 0 Å². The van der Waals surface area contributed by atoms with E-state index in [1.807, 2.05) is 12.1 Å². The van der Waals surface area contributed by atoms with Gasteiger partial charge in [0, 0.05) is 32.7 Å². The van der Waals surface area contributed by atoms with E-state index < -0.39 is 0 Å². The topological polar surface area (TPSA) is 45.7 Å². The first-order chi connectivity index (χ1) is 10.3. The summed E-state index contributed by atoms with van der Waals surface area (Å²) in [7, 11) is 1.78. The molecule has 4 nitrogen and oxygen atoms in total. The van der Waals surface area contributed by atoms with Crippen LogP contribution in [0.15, 0.2) is 48.0 Å². The molecular weight excluding hydrogens is 389 g/mol. The van der Waals surface area contributed by atoms with E-state index in [4.69, 9.17) is 4.74 Å². The van der Waals surface area contributed by atoms with Gasteiger partial charge in [-0.2, -0.15) is 0 Å². The van der Waals surface area contributed by atoms with Gasteiger partial charge in [0.25, 0.3) is 0 Å². The quantitative estimate of drug-likeness (QED) is 0.336. The number of hydrogen-bond acceptors (Lipinski definition) is 2. The maximum atomic E-state index is 6.01. The highest BCUT2D eigenvalue weighted by Crippen LogP contribution is 2.32. The van der Waals surface area contributed by atoms with Gasteiger partial charge in [-0.15, -0.1) is 30.6 Å². The summed E-state index contributed by atoms with van der Waals surface area (Å²) in [6.07, 6.45) is 4.29. The zero-order valence-corrected chi connectivity index (χ0v) is 15.5. The zero-order valence-electron chi connectivity index (χ0n) is 13.1. The second kappa shape index (κ2) is 10.6. The van der Waals surface area contributed by atoms with Crippen molar-refractivity contribution in [1.29, 1.82) is 0 Å². The van der Waals surface area contributed by atoms with Crippen molar-refractivity contribution in [3.8, 4) is 0 Å². The lowest BCUT2D eigenvalue weighted by atomic mass is 9.89. The molecule has 2 rings (SSSR count). The second-order valence-electron chi connectivity index (χ2n) is 5.23. The Hall–Kier alpha value is -1.08. The molecule has 1 aliphatic heterocycles. The molecule has 0 aliphatic carbocycles. The largest absolute Gasteiger partial charge is 0.373 e. The molecule has 1 fully saturated rings. The van der Waals surface area contributed by atoms with Gasteiger partial charge < -0.3 is 15.4 Å². The molecule has 1 saturated heterocycles. The smallest absolute Gasteiger partial charge is 0.191 e. The third-order valence-electron chi connectivity index (χ3n) is 3.74. The van der Waals surface area contributed by atoms with Crippen LogP contribution >= 0.6 is 24.0 Å². The molecular formula is C17H26IN3O. The van der Waals surface area contributed by atoms with Crippen molar-refractivity contribution in [1.82, 2.24) is 10.6 Å². The average molecular weight is 415 g/mol. The summed E-state index contributed by atoms with van der Waals surface area (Å²) < 4.78 is 6.01. The minimum atomic E-state index is 0. The highest BCUT2D eigenvalue weighted by atomic mass is 127. The van der Waals surface area contributed by atoms with Gasteiger partial charge in [0.15, 0.2) is 5.96 Å². The summed E-state index contributed by atoms with van der Waals surface area (Å²) in [5, 5.41) is 6.58. The predicted molar refractivity (Wildman–Crippen MR) is 103 cm³/mol. The molecule has 0 saturated carbocycles. The van der Waals surface area contributed by atoms with E-state index in [0.29, 0.717) is 12.5 Å². The third kappa shape index (κ3) is 5.61. The summed E-state index contributed by atoms with van der Waals surface area (Å²) in [4.78, 5) is 4.21. The monoisotopic (exact) mass is 415 g/mol. The molecule has 0 spiro atoms. The molecule has 0 bridgehead atoms. The van der Waals surface area contributed by atoms with Crippen molar-refractivity contribution < 1.29 is 4.74 Å². The van der Waals surface area contributed by atoms with Crippen LogP contribution < -0.4 is 10.6 Å². The second-order valence-corrected chi connectivity index (χ2v) is 5.23. The Morgan fingerprint density at radius 3 is 2.82 bits per heavy atom. The van der Waals surface area contributed by atoms with Crippen molar-refractivity contribution in [2.75, 3.05) is 26.7 Å². The van der Waals surface area contributed by atoms with E-state index in [9.17, 15) is 0 Å². The maximum absolute atomic E-state index is 6.01. The van der Waals surface area contributed by atoms with Crippen molar-refractivity contribution in [2.45, 2.75) is 18.9 Å². The number of nitrogens with zero attached hydrogens (tertiary/aromatic N) is 1. The van der Waals surface area contributed by atoms with E-state index in [1.54, 1.807) is 7.05 Å². The summed E-state index contributed by atoms with van der Waals surface area (Å²) in [5.41, 5.74) is 1.26. The number of rotatable bonds is 5. The lowest BCUT2D eigenvalue weighted by molar-refractivity contribution is -0.0265. The fourth-order valence-electron chi connectivity index (χ4n) is 2.68. The van der Waals surface area contributed by atoms with Crippen LogP contribution in [0.4, 0.5) is 0 Å². The van der Waals surface area contributed by atoms with Gasteiger partial charge >= 0.3 is 0 Å². The lowest BCUT2D eigenvalue weighted by Gasteiger charge is -2.32. The molecule has 2 atom stereocenters. The van der Waals surface area contributed by atoms with E-state index in [0.717, 1.165) is 25.5 Å². The number of benzene rings is 1. The van der Waals surface area contributed by atoms with Crippen LogP contribution in [0.5, 0.6) is 0 Å². The molecule has 1 aromatic rings. The molecule has 122 valence electrons. The molecule has 2 unspecified atom stereocenters. The Kier molecular flexibility index (Phi) is 9.15. The van der Waals surface area contributed by atoms with E-state index in [-0.39, 0.29) is 30.1 Å². The van der Waals surface area contributed by atoms with Crippen LogP contribution in [-0.4, -0.2) is 32.7 Å². The predicted octanol–water partition coefficient (Wildman–Crippen LogP) is 3.12. The third-order valence-corrected chi connectivity index (χ3v) is 3.74. The van der Waals surface area contributed by atoms with Crippen LogP contribution in [-0.2, 0) is 4.74 Å². The molecule has 1 aliphatic rings. The Morgan fingerprint density at radius 2 is 2.14 bits per heavy atom. The normalized spacial score (nSPS) is 21.6. The van der Waals surface area contributed by atoms with Crippen molar-refractivity contribution >= 4 is 29.9 Å². The summed E-state index contributed by atoms with van der Waals surface area (Å²) in [6, 6.07) is 10.5. The van der Waals surface area contributed by atoms with Crippen LogP contribution in [0.2, 0.25) is 0 Å². The Morgan fingerprint density at radius 1 is 1.36 bits per heavy atom. The van der Waals surface area contributed by atoms with Gasteiger partial charge in [0.1, 0.15) is 0 Å². The Labute approximate surface area is 150 Å². The summed E-state index contributed by atoms with van der Waals surface area (Å²) in [5.74, 6) is 1.27. The van der Waals surface area contributed by atoms with Gasteiger partial charge in [-0.05, 0) is 18.4 Å². The summed E-state index contributed by atoms with van der Waals surface area (Å²) in [6.45, 7) is 6.12. The molecule has 0 amide bonds. The summed E-state index contributed by atoms with van der Waals surface area (Å²) >= 11 is 0. The fourth-order valence-corrected chi connectivity index (χ4v) is 2.68. The van der Waals surface area contributed by atoms with Gasteiger partial charge in [-0.3, -0.25) is 4.99 Å². The standard InChI is InChI=1S/C17H25N3O.HI/c1-3-11-19-17(18-2)20-13-15-10-7-12-21-16(15)14-8-5-4-6-9-14;/h3-6,8-9,15-16H,1,7,10-13H2,2H3,(H2,18,19,20);1H. The zero-order chi connectivity index (χ0) is 14.9. The molecule has 0 aromatic heterocycles. The highest BCUT2D eigenvalue weighted by molar-refractivity contribution is 14.0. The van der Waals surface area contributed by atoms with Gasteiger partial charge in [0.05, 0.1) is 6.10 Å². The first-order valence-corrected chi connectivity index (χ1v) is 7.57. The number of guanidine groups is 1. The van der Waals surface area contributed by atoms with Gasteiger partial charge in [-0.1, -0.05) is 36.4 Å². The van der Waals surface area contributed by atoms with E-state index in [1.165, 1.54) is 12.0 Å². The first kappa shape index (κ1) is 19.0. The lowest BCUT2D eigenvalue weighted by Crippen LogP contribution is -2.41. The minimum absolute atomic E-state index is 0. The Bertz CT molecular complexity index is 464. The number of ether oxygens (including phenoxy) is 1. The van der Waals surface area contributed by atoms with E-state index in [2.05, 4.69) is 46.5 Å². The fraction of sp³-hybridized carbons (Fsp3) is 0.471. The van der Waals surface area contributed by atoms with Crippen molar-refractivity contribution in [2.24, 2.45) is 10.9 Å². The van der Waals surface area contributed by atoms with Crippen molar-refractivity contribution in [3.05, 3.63) is 48.6 Å². The molecule has 1 aromatic carbocycles. The molecule has 0 radical (unpaired) electrons. The van der Waals surface area contributed by atoms with Crippen molar-refractivity contribution in [3.63, 3.8) is 0 Å². The molecule has 1 heterocycles. The number of nitrogens with one attached hydrogen (secondary N) is 2. The molecule has 22 heavy (non-hydrogen) atoms. The van der Waals surface area contributed by atoms with E-state index >= 15 is 0 Å². The van der Waals surface area contributed by atoms with Crippen LogP contribution in [0.3, 0.4) is 0 Å². The first-order valence-electron chi connectivity index (χ1n) is 7.57. The number of hydrogen-bond donors (Lipinski definition) is 2. The maximum Gasteiger partial charge on any atom is 0.191 e. The molecule has 2 N–H and O–H groups in total. The van der Waals surface area contributed by atoms with Gasteiger partial charge in [0.2, 0.25) is 0 Å². The highest BCUT2D eigenvalue weighted by Gasteiger charge is 2.27. The number of halogens is 1. The Balaban J connectivity index is 0.00000242. The number of aliphatic imine (C=N–C) groups is 1. The average Bonchev–Trinajstić information content (AvgIpc) is 2.56. The SMILES string of the molecule is C=CCNC(=NC)NCC1CCCOC1c1ccccc1.I. The molecule has 5 heteroatoms. The van der Waals surface area contributed by atoms with Gasteiger partial charge in [-0.25, -0.2) is 0 Å².